The molecule has 1 aromatic heterocycles. The minimum Gasteiger partial charge on any atom is -0.452 e. The van der Waals surface area contributed by atoms with Crippen molar-refractivity contribution >= 4 is 21.9 Å². The molecule has 0 saturated heterocycles. The Morgan fingerprint density at radius 2 is 2.14 bits per heavy atom. The largest absolute Gasteiger partial charge is 0.452 e. The Balaban J connectivity index is 1.98. The van der Waals surface area contributed by atoms with Crippen LogP contribution in [0.4, 0.5) is 0 Å². The van der Waals surface area contributed by atoms with E-state index >= 15 is 0 Å². The summed E-state index contributed by atoms with van der Waals surface area (Å²) in [7, 11) is 0. The van der Waals surface area contributed by atoms with E-state index in [1.54, 1.807) is 12.2 Å². The van der Waals surface area contributed by atoms with Crippen LogP contribution in [-0.2, 0) is 16.1 Å². The maximum absolute atomic E-state index is 11.4. The molecule has 0 unspecified atom stereocenters. The van der Waals surface area contributed by atoms with Crippen LogP contribution in [0.1, 0.15) is 12.8 Å². The summed E-state index contributed by atoms with van der Waals surface area (Å²) in [4.78, 5) is 11.4. The van der Waals surface area contributed by atoms with E-state index in [1.165, 1.54) is 6.08 Å². The molecule has 0 radical (unpaired) electrons. The molecule has 5 nitrogen and oxygen atoms in total. The maximum atomic E-state index is 11.4. The number of rotatable bonds is 5. The molecule has 0 N–H and O–H groups in total. The highest BCUT2D eigenvalue weighted by Crippen LogP contribution is 2.26. The van der Waals surface area contributed by atoms with E-state index in [1.807, 2.05) is 37.3 Å². The highest BCUT2D eigenvalue weighted by atomic mass is 79.9. The van der Waals surface area contributed by atoms with Crippen molar-refractivity contribution < 1.29 is 13.9 Å². The van der Waals surface area contributed by atoms with Crippen LogP contribution in [0.5, 0.6) is 0 Å². The van der Waals surface area contributed by atoms with Crippen molar-refractivity contribution in [1.29, 1.82) is 0 Å². The van der Waals surface area contributed by atoms with Crippen LogP contribution in [-0.4, -0.2) is 16.2 Å². The van der Waals surface area contributed by atoms with Gasteiger partial charge in [0.2, 0.25) is 5.89 Å². The second-order valence-corrected chi connectivity index (χ2v) is 4.83. The molecule has 2 rings (SSSR count). The fraction of sp³-hybridized carbons (Fsp3) is 0.133. The highest BCUT2D eigenvalue weighted by molar-refractivity contribution is 9.10. The van der Waals surface area contributed by atoms with Gasteiger partial charge in [-0.2, -0.15) is 0 Å². The fourth-order valence-corrected chi connectivity index (χ4v) is 1.94. The summed E-state index contributed by atoms with van der Waals surface area (Å²) in [5.41, 5.74) is 0.788. The van der Waals surface area contributed by atoms with Gasteiger partial charge in [-0.05, 0) is 35.0 Å². The average molecular weight is 349 g/mol. The predicted octanol–water partition coefficient (Wildman–Crippen LogP) is 3.67. The molecule has 108 valence electrons. The zero-order chi connectivity index (χ0) is 15.1. The Morgan fingerprint density at radius 1 is 1.33 bits per heavy atom. The molecular weight excluding hydrogens is 336 g/mol. The molecule has 0 bridgehead atoms. The Labute approximate surface area is 130 Å². The lowest BCUT2D eigenvalue weighted by atomic mass is 10.2. The average Bonchev–Trinajstić information content (AvgIpc) is 2.94. The van der Waals surface area contributed by atoms with Crippen LogP contribution in [0.2, 0.25) is 0 Å². The quantitative estimate of drug-likeness (QED) is 0.468. The van der Waals surface area contributed by atoms with Gasteiger partial charge in [0.1, 0.15) is 0 Å². The van der Waals surface area contributed by atoms with Crippen LogP contribution in [0.15, 0.2) is 57.5 Å². The number of aromatic nitrogens is 2. The number of hydrogen-bond acceptors (Lipinski definition) is 5. The first-order valence-electron chi connectivity index (χ1n) is 6.24. The van der Waals surface area contributed by atoms with Crippen molar-refractivity contribution in [2.24, 2.45) is 0 Å². The summed E-state index contributed by atoms with van der Waals surface area (Å²) < 4.78 is 11.3. The number of hydrogen-bond donors (Lipinski definition) is 0. The molecule has 6 heteroatoms. The summed E-state index contributed by atoms with van der Waals surface area (Å²) in [6.45, 7) is 1.80. The molecule has 0 saturated carbocycles. The minimum atomic E-state index is -0.464. The fourth-order valence-electron chi connectivity index (χ4n) is 1.48. The lowest BCUT2D eigenvalue weighted by Crippen LogP contribution is -2.00. The van der Waals surface area contributed by atoms with Crippen LogP contribution < -0.4 is 0 Å². The maximum Gasteiger partial charge on any atom is 0.331 e. The number of carbonyl (C=O) groups excluding carboxylic acids is 1. The van der Waals surface area contributed by atoms with Gasteiger partial charge < -0.3 is 9.15 Å². The molecule has 0 aliphatic rings. The van der Waals surface area contributed by atoms with Gasteiger partial charge in [-0.25, -0.2) is 4.79 Å². The molecule has 0 aliphatic carbocycles. The molecule has 0 fully saturated rings. The molecule has 21 heavy (non-hydrogen) atoms. The Bertz CT molecular complexity index is 677. The minimum absolute atomic E-state index is 0.0591. The number of halogens is 1. The number of esters is 1. The molecule has 2 aromatic rings. The lowest BCUT2D eigenvalue weighted by Gasteiger charge is -1.98. The van der Waals surface area contributed by atoms with Crippen molar-refractivity contribution in [1.82, 2.24) is 10.2 Å². The van der Waals surface area contributed by atoms with Gasteiger partial charge in [-0.3, -0.25) is 0 Å². The number of carbonyl (C=O) groups is 1. The highest BCUT2D eigenvalue weighted by Gasteiger charge is 2.12. The number of benzene rings is 1. The summed E-state index contributed by atoms with van der Waals surface area (Å²) in [6, 6.07) is 7.50. The SMILES string of the molecule is CC=CC=CC(=O)OCc1nnc(-c2ccccc2Br)o1. The molecular formula is C15H13BrN2O3. The third-order valence-corrected chi connectivity index (χ3v) is 3.14. The van der Waals surface area contributed by atoms with Gasteiger partial charge in [-0.15, -0.1) is 10.2 Å². The van der Waals surface area contributed by atoms with Crippen LogP contribution in [0.25, 0.3) is 11.5 Å². The Kier molecular flexibility index (Phi) is 5.45. The van der Waals surface area contributed by atoms with E-state index in [-0.39, 0.29) is 12.5 Å². The van der Waals surface area contributed by atoms with Gasteiger partial charge in [0, 0.05) is 10.5 Å². The van der Waals surface area contributed by atoms with Crippen LogP contribution in [0.3, 0.4) is 0 Å². The molecule has 0 amide bonds. The van der Waals surface area contributed by atoms with E-state index in [4.69, 9.17) is 9.15 Å². The lowest BCUT2D eigenvalue weighted by molar-refractivity contribution is -0.139. The molecule has 0 aliphatic heterocycles. The Hall–Kier alpha value is -2.21. The second-order valence-electron chi connectivity index (χ2n) is 3.97. The van der Waals surface area contributed by atoms with Crippen LogP contribution in [0, 0.1) is 0 Å². The second kappa shape index (κ2) is 7.54. The molecule has 1 aromatic carbocycles. The normalized spacial score (nSPS) is 11.3. The van der Waals surface area contributed by atoms with Gasteiger partial charge >= 0.3 is 5.97 Å². The van der Waals surface area contributed by atoms with Crippen molar-refractivity contribution in [3.05, 3.63) is 58.9 Å². The third-order valence-electron chi connectivity index (χ3n) is 2.44. The van der Waals surface area contributed by atoms with E-state index in [2.05, 4.69) is 26.1 Å². The van der Waals surface area contributed by atoms with E-state index < -0.39 is 5.97 Å². The van der Waals surface area contributed by atoms with Gasteiger partial charge in [-0.1, -0.05) is 30.4 Å². The molecule has 0 atom stereocenters. The van der Waals surface area contributed by atoms with Gasteiger partial charge in [0.25, 0.3) is 5.89 Å². The van der Waals surface area contributed by atoms with Gasteiger partial charge in [0.15, 0.2) is 6.61 Å². The van der Waals surface area contributed by atoms with Crippen molar-refractivity contribution in [2.45, 2.75) is 13.5 Å². The monoisotopic (exact) mass is 348 g/mol. The summed E-state index contributed by atoms with van der Waals surface area (Å²) in [6.07, 6.45) is 6.47. The van der Waals surface area contributed by atoms with Crippen molar-refractivity contribution in [3.8, 4) is 11.5 Å². The third kappa shape index (κ3) is 4.39. The van der Waals surface area contributed by atoms with E-state index in [9.17, 15) is 4.79 Å². The van der Waals surface area contributed by atoms with Crippen LogP contribution >= 0.6 is 15.9 Å². The smallest absolute Gasteiger partial charge is 0.331 e. The molecule has 0 spiro atoms. The summed E-state index contributed by atoms with van der Waals surface area (Å²) >= 11 is 3.41. The van der Waals surface area contributed by atoms with Crippen molar-refractivity contribution in [3.63, 3.8) is 0 Å². The number of nitrogens with zero attached hydrogens (tertiary/aromatic N) is 2. The first kappa shape index (κ1) is 15.2. The standard InChI is InChI=1S/C15H13BrN2O3/c1-2-3-4-9-14(19)20-10-13-17-18-15(21-13)11-7-5-6-8-12(11)16/h2-9H,10H2,1H3. The summed E-state index contributed by atoms with van der Waals surface area (Å²) in [5, 5.41) is 7.78. The van der Waals surface area contributed by atoms with Crippen molar-refractivity contribution in [2.75, 3.05) is 0 Å². The first-order valence-corrected chi connectivity index (χ1v) is 7.03. The van der Waals surface area contributed by atoms with E-state index in [0.717, 1.165) is 10.0 Å². The zero-order valence-electron chi connectivity index (χ0n) is 11.3. The predicted molar refractivity (Wildman–Crippen MR) is 81.2 cm³/mol. The van der Waals surface area contributed by atoms with Gasteiger partial charge in [0.05, 0.1) is 5.56 Å². The zero-order valence-corrected chi connectivity index (χ0v) is 12.9. The number of allylic oxidation sites excluding steroid dienone is 3. The molecule has 1 heterocycles. The Morgan fingerprint density at radius 3 is 2.90 bits per heavy atom. The summed E-state index contributed by atoms with van der Waals surface area (Å²) in [5.74, 6) is 0.153. The number of ether oxygens (including phenoxy) is 1. The van der Waals surface area contributed by atoms with E-state index in [0.29, 0.717) is 5.89 Å². The first-order chi connectivity index (χ1) is 10.2. The topological polar surface area (TPSA) is 65.2 Å².